The summed E-state index contributed by atoms with van der Waals surface area (Å²) in [6.07, 6.45) is 3.20. The summed E-state index contributed by atoms with van der Waals surface area (Å²) in [6, 6.07) is 16.8. The molecule has 39 heavy (non-hydrogen) atoms. The second-order valence-corrected chi connectivity index (χ2v) is 8.23. The van der Waals surface area contributed by atoms with Gasteiger partial charge in [0.05, 0.1) is 36.6 Å². The van der Waals surface area contributed by atoms with Crippen molar-refractivity contribution in [3.8, 4) is 28.7 Å². The zero-order valence-corrected chi connectivity index (χ0v) is 20.9. The van der Waals surface area contributed by atoms with E-state index in [-0.39, 0.29) is 11.4 Å². The van der Waals surface area contributed by atoms with Gasteiger partial charge in [0.2, 0.25) is 0 Å². The Kier molecular flexibility index (Phi) is 6.95. The molecule has 0 unspecified atom stereocenters. The first kappa shape index (κ1) is 25.1. The summed E-state index contributed by atoms with van der Waals surface area (Å²) in [5.74, 6) is 1.56. The zero-order valence-electron chi connectivity index (χ0n) is 20.9. The fourth-order valence-corrected chi connectivity index (χ4v) is 3.96. The van der Waals surface area contributed by atoms with E-state index < -0.39 is 12.1 Å². The molecular weight excluding hydrogens is 502 g/mol. The Labute approximate surface area is 222 Å². The molecule has 0 saturated carbocycles. The average molecular weight is 526 g/mol. The minimum atomic E-state index is -0.842. The van der Waals surface area contributed by atoms with Crippen LogP contribution >= 0.6 is 0 Å². The Balaban J connectivity index is 1.26. The maximum absolute atomic E-state index is 12.4. The minimum Gasteiger partial charge on any atom is -0.506 e. The van der Waals surface area contributed by atoms with Crippen molar-refractivity contribution in [2.24, 2.45) is 0 Å². The van der Waals surface area contributed by atoms with Gasteiger partial charge in [-0.05, 0) is 36.4 Å². The first-order chi connectivity index (χ1) is 18.9. The van der Waals surface area contributed by atoms with E-state index in [1.165, 1.54) is 26.4 Å². The lowest BCUT2D eigenvalue weighted by Gasteiger charge is -2.13. The molecule has 0 fully saturated rings. The van der Waals surface area contributed by atoms with Gasteiger partial charge in [-0.25, -0.2) is 9.59 Å². The van der Waals surface area contributed by atoms with E-state index >= 15 is 0 Å². The summed E-state index contributed by atoms with van der Waals surface area (Å²) in [5.41, 5.74) is 1.73. The maximum Gasteiger partial charge on any atom is 0.327 e. The van der Waals surface area contributed by atoms with Crippen molar-refractivity contribution in [3.05, 3.63) is 79.1 Å². The molecule has 0 saturated heterocycles. The Morgan fingerprint density at radius 1 is 0.769 bits per heavy atom. The molecule has 0 atom stereocenters. The van der Waals surface area contributed by atoms with Crippen molar-refractivity contribution in [1.29, 1.82) is 0 Å². The topological polar surface area (TPSA) is 144 Å². The van der Waals surface area contributed by atoms with Crippen LogP contribution in [0.25, 0.3) is 21.8 Å². The maximum atomic E-state index is 12.4. The van der Waals surface area contributed by atoms with E-state index in [1.54, 1.807) is 54.9 Å². The van der Waals surface area contributed by atoms with E-state index in [9.17, 15) is 14.7 Å². The van der Waals surface area contributed by atoms with Gasteiger partial charge in [-0.2, -0.15) is 0 Å². The number of methoxy groups -OCH3 is 2. The van der Waals surface area contributed by atoms with Crippen molar-refractivity contribution in [2.75, 3.05) is 24.9 Å². The molecule has 4 N–H and O–H groups in total. The van der Waals surface area contributed by atoms with Crippen LogP contribution in [0.2, 0.25) is 0 Å². The van der Waals surface area contributed by atoms with Gasteiger partial charge < -0.3 is 30.0 Å². The van der Waals surface area contributed by atoms with Gasteiger partial charge in [0, 0.05) is 35.3 Å². The summed E-state index contributed by atoms with van der Waals surface area (Å²) in [7, 11) is 3.07. The van der Waals surface area contributed by atoms with Gasteiger partial charge in [-0.3, -0.25) is 15.3 Å². The number of aromatic hydroxyl groups is 1. The number of nitrogens with zero attached hydrogens (tertiary/aromatic N) is 2. The molecule has 5 rings (SSSR count). The lowest BCUT2D eigenvalue weighted by Crippen LogP contribution is -2.37. The van der Waals surface area contributed by atoms with E-state index in [0.29, 0.717) is 45.1 Å². The molecule has 5 aromatic rings. The number of phenolic OH excluding ortho intramolecular Hbond substituents is 1. The molecule has 11 heteroatoms. The number of ether oxygens (including phenoxy) is 3. The highest BCUT2D eigenvalue weighted by Crippen LogP contribution is 2.38. The predicted octanol–water partition coefficient (Wildman–Crippen LogP) is 5.65. The van der Waals surface area contributed by atoms with Crippen molar-refractivity contribution < 1.29 is 28.9 Å². The fraction of sp³-hybridized carbons (Fsp3) is 0.0714. The Morgan fingerprint density at radius 3 is 2.28 bits per heavy atom. The standard InChI is InChI=1S/C28H23N5O6/c1-37-24-14-18-21(15-25(24)38-2)29-12-10-23(18)39-17-8-9-19(22(34)13-17)31-27(35)33-28(36)32-20-7-3-5-16-6-4-11-30-26(16)20/h3-15,34H,1-2H3,(H3,31,32,33,35,36). The third-order valence-corrected chi connectivity index (χ3v) is 5.76. The van der Waals surface area contributed by atoms with Crippen LogP contribution in [-0.2, 0) is 0 Å². The van der Waals surface area contributed by atoms with Crippen LogP contribution in [0.3, 0.4) is 0 Å². The highest BCUT2D eigenvalue weighted by molar-refractivity contribution is 6.08. The van der Waals surface area contributed by atoms with E-state index in [1.807, 2.05) is 12.1 Å². The minimum absolute atomic E-state index is 0.0745. The van der Waals surface area contributed by atoms with Gasteiger partial charge in [-0.1, -0.05) is 18.2 Å². The number of rotatable bonds is 6. The Bertz CT molecular complexity index is 1700. The molecule has 11 nitrogen and oxygen atoms in total. The number of fused-ring (bicyclic) bond motifs is 2. The quantitative estimate of drug-likeness (QED) is 0.208. The number of benzene rings is 3. The molecular formula is C28H23N5O6. The van der Waals surface area contributed by atoms with Crippen molar-refractivity contribution >= 4 is 45.2 Å². The Hall–Kier alpha value is -5.58. The van der Waals surface area contributed by atoms with Gasteiger partial charge in [0.25, 0.3) is 0 Å². The third kappa shape index (κ3) is 5.42. The second kappa shape index (κ2) is 10.8. The van der Waals surface area contributed by atoms with Crippen molar-refractivity contribution in [1.82, 2.24) is 15.3 Å². The van der Waals surface area contributed by atoms with Crippen LogP contribution in [0.15, 0.2) is 79.1 Å². The number of carbonyl (C=O) groups is 2. The van der Waals surface area contributed by atoms with Gasteiger partial charge in [-0.15, -0.1) is 0 Å². The first-order valence-corrected chi connectivity index (χ1v) is 11.7. The number of anilines is 2. The molecule has 0 radical (unpaired) electrons. The monoisotopic (exact) mass is 525 g/mol. The van der Waals surface area contributed by atoms with E-state index in [4.69, 9.17) is 14.2 Å². The lowest BCUT2D eigenvalue weighted by atomic mass is 10.2. The number of hydrogen-bond donors (Lipinski definition) is 4. The largest absolute Gasteiger partial charge is 0.506 e. The van der Waals surface area contributed by atoms with Crippen LogP contribution in [0, 0.1) is 0 Å². The van der Waals surface area contributed by atoms with Crippen LogP contribution < -0.4 is 30.2 Å². The lowest BCUT2D eigenvalue weighted by molar-refractivity contribution is 0.240. The summed E-state index contributed by atoms with van der Waals surface area (Å²) in [4.78, 5) is 33.4. The summed E-state index contributed by atoms with van der Waals surface area (Å²) < 4.78 is 16.7. The number of hydrogen-bond acceptors (Lipinski definition) is 8. The molecule has 2 heterocycles. The number of nitrogens with one attached hydrogen (secondary N) is 3. The van der Waals surface area contributed by atoms with Gasteiger partial charge in [0.15, 0.2) is 11.5 Å². The number of amides is 4. The van der Waals surface area contributed by atoms with Crippen LogP contribution in [0.1, 0.15) is 0 Å². The van der Waals surface area contributed by atoms with E-state index in [0.717, 1.165) is 5.39 Å². The summed E-state index contributed by atoms with van der Waals surface area (Å²) in [6.45, 7) is 0. The van der Waals surface area contributed by atoms with Gasteiger partial charge >= 0.3 is 12.1 Å². The van der Waals surface area contributed by atoms with Crippen LogP contribution in [0.5, 0.6) is 28.7 Å². The molecule has 3 aromatic carbocycles. The fourth-order valence-electron chi connectivity index (χ4n) is 3.96. The number of pyridine rings is 2. The molecule has 196 valence electrons. The second-order valence-electron chi connectivity index (χ2n) is 8.23. The summed E-state index contributed by atoms with van der Waals surface area (Å²) in [5, 5.41) is 19.2. The van der Waals surface area contributed by atoms with Crippen LogP contribution in [-0.4, -0.2) is 41.4 Å². The van der Waals surface area contributed by atoms with E-state index in [2.05, 4.69) is 25.9 Å². The number of phenols is 1. The third-order valence-electron chi connectivity index (χ3n) is 5.76. The zero-order chi connectivity index (χ0) is 27.4. The summed E-state index contributed by atoms with van der Waals surface area (Å²) >= 11 is 0. The van der Waals surface area contributed by atoms with Crippen molar-refractivity contribution in [2.45, 2.75) is 0 Å². The van der Waals surface area contributed by atoms with Crippen molar-refractivity contribution in [3.63, 3.8) is 0 Å². The number of imide groups is 1. The molecule has 0 aliphatic carbocycles. The molecule has 0 aliphatic rings. The highest BCUT2D eigenvalue weighted by Gasteiger charge is 2.14. The van der Waals surface area contributed by atoms with Gasteiger partial charge in [0.1, 0.15) is 17.2 Å². The highest BCUT2D eigenvalue weighted by atomic mass is 16.5. The molecule has 2 aromatic heterocycles. The van der Waals surface area contributed by atoms with Crippen LogP contribution in [0.4, 0.5) is 21.0 Å². The molecule has 0 spiro atoms. The SMILES string of the molecule is COc1cc2nccc(Oc3ccc(NC(=O)NC(=O)Nc4cccc5cccnc45)c(O)c3)c2cc1OC. The predicted molar refractivity (Wildman–Crippen MR) is 146 cm³/mol. The molecule has 0 aliphatic heterocycles. The first-order valence-electron chi connectivity index (χ1n) is 11.7. The molecule has 4 amide bonds. The number of aromatic nitrogens is 2. The average Bonchev–Trinajstić information content (AvgIpc) is 2.94. The number of urea groups is 2. The smallest absolute Gasteiger partial charge is 0.327 e. The number of para-hydroxylation sites is 1. The molecule has 0 bridgehead atoms. The number of carbonyl (C=O) groups excluding carboxylic acids is 2. The Morgan fingerprint density at radius 2 is 1.51 bits per heavy atom. The normalized spacial score (nSPS) is 10.6.